The SMILES string of the molecule is CN1c2ccccc2C(C)(C)[C@@]12Cc1cc(NS(=O)(=O)c3ccc4ccccc4c3)ccc1O2. The number of hydrogen-bond donors (Lipinski definition) is 1. The number of sulfonamides is 1. The molecule has 34 heavy (non-hydrogen) atoms. The van der Waals surface area contributed by atoms with E-state index in [4.69, 9.17) is 4.74 Å². The molecule has 0 fully saturated rings. The average molecular weight is 471 g/mol. The Morgan fingerprint density at radius 3 is 2.41 bits per heavy atom. The second-order valence-electron chi connectivity index (χ2n) is 9.70. The third-order valence-electron chi connectivity index (χ3n) is 7.51. The first kappa shape index (κ1) is 21.1. The van der Waals surface area contributed by atoms with Crippen LogP contribution in [0, 0.1) is 0 Å². The molecule has 6 rings (SSSR count). The number of likely N-dealkylation sites (N-methyl/N-ethyl adjacent to an activating group) is 1. The van der Waals surface area contributed by atoms with Crippen molar-refractivity contribution in [2.75, 3.05) is 16.7 Å². The van der Waals surface area contributed by atoms with E-state index in [2.05, 4.69) is 48.7 Å². The maximum atomic E-state index is 13.1. The van der Waals surface area contributed by atoms with E-state index < -0.39 is 15.7 Å². The van der Waals surface area contributed by atoms with Gasteiger partial charge in [-0.3, -0.25) is 4.72 Å². The van der Waals surface area contributed by atoms with E-state index in [1.807, 2.05) is 48.5 Å². The van der Waals surface area contributed by atoms with E-state index in [1.165, 1.54) is 5.56 Å². The minimum Gasteiger partial charge on any atom is -0.466 e. The summed E-state index contributed by atoms with van der Waals surface area (Å²) in [6.45, 7) is 4.43. The molecule has 1 spiro atoms. The van der Waals surface area contributed by atoms with Crippen LogP contribution in [0.2, 0.25) is 0 Å². The molecule has 0 aliphatic carbocycles. The lowest BCUT2D eigenvalue weighted by molar-refractivity contribution is 0.0350. The lowest BCUT2D eigenvalue weighted by atomic mass is 9.76. The monoisotopic (exact) mass is 470 g/mol. The van der Waals surface area contributed by atoms with Gasteiger partial charge in [-0.05, 0) is 66.6 Å². The smallest absolute Gasteiger partial charge is 0.261 e. The molecular formula is C28H26N2O3S. The van der Waals surface area contributed by atoms with Gasteiger partial charge in [0.2, 0.25) is 0 Å². The molecule has 0 radical (unpaired) electrons. The number of ether oxygens (including phenoxy) is 1. The van der Waals surface area contributed by atoms with E-state index >= 15 is 0 Å². The zero-order chi connectivity index (χ0) is 23.7. The van der Waals surface area contributed by atoms with Crippen molar-refractivity contribution in [3.63, 3.8) is 0 Å². The summed E-state index contributed by atoms with van der Waals surface area (Å²) < 4.78 is 35.7. The molecule has 172 valence electrons. The summed E-state index contributed by atoms with van der Waals surface area (Å²) in [6, 6.07) is 26.8. The Kier molecular flexibility index (Phi) is 4.33. The molecule has 0 bridgehead atoms. The zero-order valence-corrected chi connectivity index (χ0v) is 20.2. The fourth-order valence-corrected chi connectivity index (χ4v) is 6.64. The van der Waals surface area contributed by atoms with E-state index in [1.54, 1.807) is 18.2 Å². The second-order valence-corrected chi connectivity index (χ2v) is 11.4. The van der Waals surface area contributed by atoms with Crippen molar-refractivity contribution in [2.24, 2.45) is 0 Å². The van der Waals surface area contributed by atoms with Crippen LogP contribution in [0.5, 0.6) is 5.75 Å². The molecule has 1 atom stereocenters. The quantitative estimate of drug-likeness (QED) is 0.417. The molecule has 5 nitrogen and oxygen atoms in total. The lowest BCUT2D eigenvalue weighted by Crippen LogP contribution is -2.58. The molecule has 0 saturated carbocycles. The number of rotatable bonds is 3. The summed E-state index contributed by atoms with van der Waals surface area (Å²) in [6.07, 6.45) is 0.659. The summed E-state index contributed by atoms with van der Waals surface area (Å²) in [5.74, 6) is 0.793. The van der Waals surface area contributed by atoms with Gasteiger partial charge in [0.05, 0.1) is 10.3 Å². The Morgan fingerprint density at radius 1 is 0.882 bits per heavy atom. The minimum atomic E-state index is -3.73. The molecule has 2 aliphatic rings. The fourth-order valence-electron chi connectivity index (χ4n) is 5.56. The van der Waals surface area contributed by atoms with Crippen LogP contribution in [0.25, 0.3) is 10.8 Å². The molecule has 0 aromatic heterocycles. The number of hydrogen-bond acceptors (Lipinski definition) is 4. The van der Waals surface area contributed by atoms with Gasteiger partial charge in [-0.1, -0.05) is 48.5 Å². The molecule has 0 saturated heterocycles. The van der Waals surface area contributed by atoms with Crippen molar-refractivity contribution in [1.82, 2.24) is 0 Å². The van der Waals surface area contributed by atoms with Gasteiger partial charge in [-0.25, -0.2) is 8.42 Å². The van der Waals surface area contributed by atoms with Gasteiger partial charge in [0.1, 0.15) is 5.75 Å². The Balaban J connectivity index is 1.32. The number of fused-ring (bicyclic) bond motifs is 3. The number of benzene rings is 4. The topological polar surface area (TPSA) is 58.6 Å². The van der Waals surface area contributed by atoms with Crippen LogP contribution in [0.15, 0.2) is 89.8 Å². The van der Waals surface area contributed by atoms with Gasteiger partial charge >= 0.3 is 0 Å². The number of anilines is 2. The first-order valence-corrected chi connectivity index (χ1v) is 12.9. The van der Waals surface area contributed by atoms with Crippen LogP contribution in [0.1, 0.15) is 25.0 Å². The summed E-state index contributed by atoms with van der Waals surface area (Å²) in [5.41, 5.74) is 3.13. The van der Waals surface area contributed by atoms with E-state index in [0.29, 0.717) is 12.1 Å². The van der Waals surface area contributed by atoms with Gasteiger partial charge in [0.25, 0.3) is 10.0 Å². The normalized spacial score (nSPS) is 20.3. The molecule has 6 heteroatoms. The van der Waals surface area contributed by atoms with Gasteiger partial charge in [0.15, 0.2) is 5.72 Å². The Morgan fingerprint density at radius 2 is 1.62 bits per heavy atom. The minimum absolute atomic E-state index is 0.242. The highest BCUT2D eigenvalue weighted by Crippen LogP contribution is 2.56. The highest BCUT2D eigenvalue weighted by Gasteiger charge is 2.60. The molecule has 4 aromatic rings. The van der Waals surface area contributed by atoms with Gasteiger partial charge in [-0.2, -0.15) is 0 Å². The van der Waals surface area contributed by atoms with Crippen molar-refractivity contribution >= 4 is 32.2 Å². The van der Waals surface area contributed by atoms with Crippen molar-refractivity contribution in [3.05, 3.63) is 96.1 Å². The van der Waals surface area contributed by atoms with Crippen molar-refractivity contribution < 1.29 is 13.2 Å². The van der Waals surface area contributed by atoms with E-state index in [0.717, 1.165) is 27.8 Å². The Bertz CT molecular complexity index is 1560. The maximum Gasteiger partial charge on any atom is 0.261 e. The van der Waals surface area contributed by atoms with Crippen LogP contribution in [0.3, 0.4) is 0 Å². The summed E-state index contributed by atoms with van der Waals surface area (Å²) >= 11 is 0. The van der Waals surface area contributed by atoms with E-state index in [9.17, 15) is 8.42 Å². The zero-order valence-electron chi connectivity index (χ0n) is 19.4. The van der Waals surface area contributed by atoms with Crippen LogP contribution in [-0.4, -0.2) is 21.2 Å². The van der Waals surface area contributed by atoms with Crippen LogP contribution < -0.4 is 14.4 Å². The Labute approximate surface area is 200 Å². The fraction of sp³-hybridized carbons (Fsp3) is 0.214. The first-order chi connectivity index (χ1) is 16.2. The summed E-state index contributed by atoms with van der Waals surface area (Å²) in [7, 11) is -1.66. The predicted octanol–water partition coefficient (Wildman–Crippen LogP) is 5.70. The third-order valence-corrected chi connectivity index (χ3v) is 8.89. The second kappa shape index (κ2) is 7.00. The average Bonchev–Trinajstić information content (AvgIpc) is 3.29. The van der Waals surface area contributed by atoms with Crippen molar-refractivity contribution in [2.45, 2.75) is 36.3 Å². The first-order valence-electron chi connectivity index (χ1n) is 11.4. The van der Waals surface area contributed by atoms with E-state index in [-0.39, 0.29) is 10.3 Å². The van der Waals surface area contributed by atoms with Crippen molar-refractivity contribution in [1.29, 1.82) is 0 Å². The van der Waals surface area contributed by atoms with Crippen molar-refractivity contribution in [3.8, 4) is 5.75 Å². The number of nitrogens with one attached hydrogen (secondary N) is 1. The molecule has 0 unspecified atom stereocenters. The highest BCUT2D eigenvalue weighted by molar-refractivity contribution is 7.92. The predicted molar refractivity (Wildman–Crippen MR) is 136 cm³/mol. The number of nitrogens with zero attached hydrogens (tertiary/aromatic N) is 1. The van der Waals surface area contributed by atoms with Gasteiger partial charge in [-0.15, -0.1) is 0 Å². The van der Waals surface area contributed by atoms with Gasteiger partial charge in [0, 0.05) is 30.4 Å². The van der Waals surface area contributed by atoms with Crippen LogP contribution >= 0.6 is 0 Å². The molecule has 4 aromatic carbocycles. The lowest BCUT2D eigenvalue weighted by Gasteiger charge is -2.42. The highest BCUT2D eigenvalue weighted by atomic mass is 32.2. The third kappa shape index (κ3) is 2.88. The molecule has 0 amide bonds. The maximum absolute atomic E-state index is 13.1. The molecular weight excluding hydrogens is 444 g/mol. The van der Waals surface area contributed by atoms with Crippen LogP contribution in [0.4, 0.5) is 11.4 Å². The largest absolute Gasteiger partial charge is 0.466 e. The Hall–Kier alpha value is -3.51. The summed E-state index contributed by atoms with van der Waals surface area (Å²) in [4.78, 5) is 2.47. The van der Waals surface area contributed by atoms with Crippen LogP contribution in [-0.2, 0) is 21.9 Å². The summed E-state index contributed by atoms with van der Waals surface area (Å²) in [5, 5.41) is 1.89. The number of para-hydroxylation sites is 1. The molecule has 2 heterocycles. The standard InChI is InChI=1S/C28H26N2O3S/c1-27(2)24-10-6-7-11-25(24)30(3)28(27)18-21-16-22(13-15-26(21)33-28)29-34(31,32)23-14-12-19-8-4-5-9-20(19)17-23/h4-17,29H,18H2,1-3H3/t28-/m0/s1. The molecule has 2 aliphatic heterocycles. The van der Waals surface area contributed by atoms with Gasteiger partial charge < -0.3 is 9.64 Å². The molecule has 1 N–H and O–H groups in total.